The van der Waals surface area contributed by atoms with E-state index in [2.05, 4.69) is 29.7 Å². The van der Waals surface area contributed by atoms with E-state index in [1.807, 2.05) is 14.0 Å². The number of likely N-dealkylation sites (tertiary alicyclic amines) is 1. The van der Waals surface area contributed by atoms with E-state index in [9.17, 15) is 8.42 Å². The minimum atomic E-state index is -3.64. The highest BCUT2D eigenvalue weighted by molar-refractivity contribution is 7.89. The number of benzene rings is 1. The van der Waals surface area contributed by atoms with Gasteiger partial charge in [-0.05, 0) is 50.6 Å². The highest BCUT2D eigenvalue weighted by atomic mass is 32.2. The molecular formula is C19H24N8O2S. The van der Waals surface area contributed by atoms with Crippen LogP contribution in [0.25, 0.3) is 17.1 Å². The van der Waals surface area contributed by atoms with Gasteiger partial charge in [0.25, 0.3) is 0 Å². The van der Waals surface area contributed by atoms with Gasteiger partial charge in [0.05, 0.1) is 16.8 Å². The summed E-state index contributed by atoms with van der Waals surface area (Å²) >= 11 is 0. The maximum Gasteiger partial charge on any atom is 0.240 e. The van der Waals surface area contributed by atoms with E-state index in [1.165, 1.54) is 23.5 Å². The molecule has 1 fully saturated rings. The van der Waals surface area contributed by atoms with Crippen LogP contribution < -0.4 is 10.5 Å². The van der Waals surface area contributed by atoms with Crippen LogP contribution in [0.4, 0.5) is 5.82 Å². The summed E-state index contributed by atoms with van der Waals surface area (Å²) in [6.45, 7) is 4.20. The monoisotopic (exact) mass is 428 g/mol. The van der Waals surface area contributed by atoms with Crippen molar-refractivity contribution in [3.63, 3.8) is 0 Å². The summed E-state index contributed by atoms with van der Waals surface area (Å²) in [6.07, 6.45) is 5.36. The van der Waals surface area contributed by atoms with Crippen molar-refractivity contribution >= 4 is 15.8 Å². The fraction of sp³-hybridized carbons (Fsp3) is 0.368. The molecular weight excluding hydrogens is 404 g/mol. The minimum Gasteiger partial charge on any atom is -0.381 e. The van der Waals surface area contributed by atoms with E-state index in [1.54, 1.807) is 18.2 Å². The number of nitrogens with one attached hydrogen (secondary N) is 1. The number of aryl methyl sites for hydroxylation is 1. The molecule has 0 bridgehead atoms. The first-order valence-corrected chi connectivity index (χ1v) is 11.1. The molecule has 1 atom stereocenters. The van der Waals surface area contributed by atoms with Crippen molar-refractivity contribution in [1.29, 1.82) is 0 Å². The zero-order chi connectivity index (χ0) is 21.3. The molecule has 0 amide bonds. The lowest BCUT2D eigenvalue weighted by Gasteiger charge is -2.14. The Balaban J connectivity index is 1.63. The summed E-state index contributed by atoms with van der Waals surface area (Å²) in [6, 6.07) is 4.98. The summed E-state index contributed by atoms with van der Waals surface area (Å²) in [5.74, 6) is 0.859. The molecule has 1 saturated heterocycles. The van der Waals surface area contributed by atoms with Crippen LogP contribution in [0.15, 0.2) is 41.9 Å². The van der Waals surface area contributed by atoms with Gasteiger partial charge in [-0.15, -0.1) is 0 Å². The molecule has 0 saturated carbocycles. The van der Waals surface area contributed by atoms with E-state index in [-0.39, 0.29) is 10.7 Å². The van der Waals surface area contributed by atoms with E-state index in [0.29, 0.717) is 29.5 Å². The summed E-state index contributed by atoms with van der Waals surface area (Å²) in [5, 5.41) is 4.04. The average molecular weight is 429 g/mol. The molecule has 3 aromatic rings. The molecule has 0 aliphatic carbocycles. The van der Waals surface area contributed by atoms with Crippen molar-refractivity contribution in [2.75, 3.05) is 32.4 Å². The number of sulfonamides is 1. The first-order chi connectivity index (χ1) is 14.3. The lowest BCUT2D eigenvalue weighted by atomic mass is 10.1. The quantitative estimate of drug-likeness (QED) is 0.590. The first-order valence-electron chi connectivity index (χ1n) is 9.60. The standard InChI is InChI=1S/C19H24N8O2S/c1-13-3-4-15(30(28,29)24-8-14-5-6-26(2)10-14)7-16(13)17-9-22-18(20)19(25-17)27-12-21-11-23-27/h3-4,7,9,11-12,14,24H,5-6,8,10H2,1-2H3,(H2,20,22). The maximum atomic E-state index is 12.9. The Kier molecular flexibility index (Phi) is 5.50. The second kappa shape index (κ2) is 8.09. The third-order valence-electron chi connectivity index (χ3n) is 5.26. The molecule has 158 valence electrons. The van der Waals surface area contributed by atoms with Gasteiger partial charge in [0.1, 0.15) is 12.7 Å². The van der Waals surface area contributed by atoms with Gasteiger partial charge in [-0.3, -0.25) is 0 Å². The van der Waals surface area contributed by atoms with Crippen LogP contribution in [0.3, 0.4) is 0 Å². The topological polar surface area (TPSA) is 132 Å². The number of anilines is 1. The average Bonchev–Trinajstić information content (AvgIpc) is 3.39. The first kappa shape index (κ1) is 20.4. The molecule has 1 aliphatic rings. The predicted molar refractivity (Wildman–Crippen MR) is 112 cm³/mol. The molecule has 1 unspecified atom stereocenters. The van der Waals surface area contributed by atoms with Crippen molar-refractivity contribution in [1.82, 2.24) is 34.4 Å². The number of nitrogen functional groups attached to an aromatic ring is 1. The van der Waals surface area contributed by atoms with Gasteiger partial charge < -0.3 is 10.6 Å². The van der Waals surface area contributed by atoms with E-state index >= 15 is 0 Å². The molecule has 0 radical (unpaired) electrons. The summed E-state index contributed by atoms with van der Waals surface area (Å²) < 4.78 is 29.9. The predicted octanol–water partition coefficient (Wildman–Crippen LogP) is 0.845. The van der Waals surface area contributed by atoms with Crippen LogP contribution in [-0.2, 0) is 10.0 Å². The summed E-state index contributed by atoms with van der Waals surface area (Å²) in [7, 11) is -1.60. The molecule has 1 aliphatic heterocycles. The Bertz CT molecular complexity index is 1150. The van der Waals surface area contributed by atoms with Gasteiger partial charge in [-0.25, -0.2) is 28.1 Å². The van der Waals surface area contributed by atoms with Crippen LogP contribution in [0.2, 0.25) is 0 Å². The highest BCUT2D eigenvalue weighted by Gasteiger charge is 2.23. The van der Waals surface area contributed by atoms with E-state index in [0.717, 1.165) is 25.1 Å². The van der Waals surface area contributed by atoms with Gasteiger partial charge in [-0.1, -0.05) is 6.07 Å². The van der Waals surface area contributed by atoms with Crippen molar-refractivity contribution in [2.45, 2.75) is 18.2 Å². The third kappa shape index (κ3) is 4.18. The molecule has 30 heavy (non-hydrogen) atoms. The van der Waals surface area contributed by atoms with Crippen LogP contribution in [0.1, 0.15) is 12.0 Å². The van der Waals surface area contributed by atoms with Gasteiger partial charge in [0.15, 0.2) is 11.6 Å². The Morgan fingerprint density at radius 2 is 2.17 bits per heavy atom. The molecule has 3 heterocycles. The SMILES string of the molecule is Cc1ccc(S(=O)(=O)NCC2CCN(C)C2)cc1-c1cnc(N)c(-n2cncn2)n1. The maximum absolute atomic E-state index is 12.9. The number of hydrogen-bond acceptors (Lipinski definition) is 8. The van der Waals surface area contributed by atoms with Crippen LogP contribution in [0, 0.1) is 12.8 Å². The Morgan fingerprint density at radius 3 is 2.87 bits per heavy atom. The van der Waals surface area contributed by atoms with Crippen molar-refractivity contribution in [3.05, 3.63) is 42.6 Å². The molecule has 0 spiro atoms. The molecule has 11 heteroatoms. The van der Waals surface area contributed by atoms with Crippen molar-refractivity contribution < 1.29 is 8.42 Å². The fourth-order valence-corrected chi connectivity index (χ4v) is 4.69. The Morgan fingerprint density at radius 1 is 1.33 bits per heavy atom. The zero-order valence-corrected chi connectivity index (χ0v) is 17.7. The second-order valence-electron chi connectivity index (χ2n) is 7.55. The van der Waals surface area contributed by atoms with E-state index < -0.39 is 10.0 Å². The number of aromatic nitrogens is 5. The number of nitrogens with two attached hydrogens (primary N) is 1. The van der Waals surface area contributed by atoms with Gasteiger partial charge >= 0.3 is 0 Å². The normalized spacial score (nSPS) is 17.5. The third-order valence-corrected chi connectivity index (χ3v) is 6.68. The summed E-state index contributed by atoms with van der Waals surface area (Å²) in [5.41, 5.74) is 7.96. The lowest BCUT2D eigenvalue weighted by molar-refractivity contribution is 0.394. The van der Waals surface area contributed by atoms with Crippen LogP contribution in [-0.4, -0.2) is 64.7 Å². The van der Waals surface area contributed by atoms with Gasteiger partial charge in [-0.2, -0.15) is 9.78 Å². The highest BCUT2D eigenvalue weighted by Crippen LogP contribution is 2.26. The molecule has 10 nitrogen and oxygen atoms in total. The van der Waals surface area contributed by atoms with Crippen LogP contribution in [0.5, 0.6) is 0 Å². The number of rotatable bonds is 6. The lowest BCUT2D eigenvalue weighted by Crippen LogP contribution is -2.30. The molecule has 3 N–H and O–H groups in total. The van der Waals surface area contributed by atoms with Crippen molar-refractivity contribution in [2.24, 2.45) is 5.92 Å². The molecule has 1 aromatic carbocycles. The Hall–Kier alpha value is -2.89. The second-order valence-corrected chi connectivity index (χ2v) is 9.32. The van der Waals surface area contributed by atoms with Gasteiger partial charge in [0.2, 0.25) is 10.0 Å². The fourth-order valence-electron chi connectivity index (χ4n) is 3.55. The Labute approximate surface area is 175 Å². The largest absolute Gasteiger partial charge is 0.381 e. The number of nitrogens with zero attached hydrogens (tertiary/aromatic N) is 6. The van der Waals surface area contributed by atoms with E-state index in [4.69, 9.17) is 5.73 Å². The number of hydrogen-bond donors (Lipinski definition) is 2. The van der Waals surface area contributed by atoms with Crippen molar-refractivity contribution in [3.8, 4) is 17.1 Å². The smallest absolute Gasteiger partial charge is 0.240 e. The summed E-state index contributed by atoms with van der Waals surface area (Å²) in [4.78, 5) is 15.0. The zero-order valence-electron chi connectivity index (χ0n) is 16.9. The minimum absolute atomic E-state index is 0.190. The van der Waals surface area contributed by atoms with Crippen LogP contribution >= 0.6 is 0 Å². The molecule has 4 rings (SSSR count). The van der Waals surface area contributed by atoms with Gasteiger partial charge in [0, 0.05) is 18.7 Å². The molecule has 2 aromatic heterocycles.